The van der Waals surface area contributed by atoms with E-state index >= 15 is 0 Å². The lowest BCUT2D eigenvalue weighted by atomic mass is 10.1. The molecule has 0 atom stereocenters. The Bertz CT molecular complexity index is 1050. The maximum absolute atomic E-state index is 12.5. The molecule has 1 aromatic carbocycles. The molecule has 0 spiro atoms. The molecule has 1 aromatic heterocycles. The van der Waals surface area contributed by atoms with E-state index in [1.807, 2.05) is 4.72 Å². The number of hydrogen-bond acceptors (Lipinski definition) is 7. The van der Waals surface area contributed by atoms with Gasteiger partial charge in [0.05, 0.1) is 17.6 Å². The fourth-order valence-corrected chi connectivity index (χ4v) is 3.66. The number of nitrogens with one attached hydrogen (secondary N) is 2. The summed E-state index contributed by atoms with van der Waals surface area (Å²) >= 11 is 0. The number of rotatable bonds is 10. The van der Waals surface area contributed by atoms with Gasteiger partial charge in [-0.3, -0.25) is 9.59 Å². The summed E-state index contributed by atoms with van der Waals surface area (Å²) in [6, 6.07) is 8.60. The zero-order chi connectivity index (χ0) is 23.7. The Morgan fingerprint density at radius 1 is 1.06 bits per heavy atom. The molecule has 10 heteroatoms. The van der Waals surface area contributed by atoms with E-state index in [0.717, 1.165) is 18.2 Å². The van der Waals surface area contributed by atoms with Crippen molar-refractivity contribution in [2.75, 3.05) is 13.7 Å². The van der Waals surface area contributed by atoms with Crippen molar-refractivity contribution >= 4 is 27.8 Å². The third-order valence-electron chi connectivity index (χ3n) is 4.57. The first-order valence-corrected chi connectivity index (χ1v) is 11.6. The van der Waals surface area contributed by atoms with Gasteiger partial charge >= 0.3 is 5.97 Å². The molecule has 2 rings (SSSR count). The summed E-state index contributed by atoms with van der Waals surface area (Å²) in [5.74, 6) is -1.08. The van der Waals surface area contributed by atoms with Gasteiger partial charge in [-0.2, -0.15) is 0 Å². The molecule has 0 aliphatic rings. The van der Waals surface area contributed by atoms with Gasteiger partial charge in [-0.15, -0.1) is 0 Å². The molecule has 0 unspecified atom stereocenters. The molecule has 9 nitrogen and oxygen atoms in total. The lowest BCUT2D eigenvalue weighted by Crippen LogP contribution is -2.30. The second-order valence-electron chi connectivity index (χ2n) is 7.53. The molecule has 2 amide bonds. The van der Waals surface area contributed by atoms with Gasteiger partial charge in [-0.1, -0.05) is 26.0 Å². The van der Waals surface area contributed by atoms with Gasteiger partial charge in [0.25, 0.3) is 15.9 Å². The summed E-state index contributed by atoms with van der Waals surface area (Å²) in [5.41, 5.74) is 0.826. The molecule has 0 radical (unpaired) electrons. The first-order chi connectivity index (χ1) is 15.1. The molecule has 2 aromatic rings. The quantitative estimate of drug-likeness (QED) is 0.518. The molecular formula is C22H27N3O6S. The Morgan fingerprint density at radius 3 is 2.31 bits per heavy atom. The van der Waals surface area contributed by atoms with Gasteiger partial charge in [0.15, 0.2) is 0 Å². The summed E-state index contributed by atoms with van der Waals surface area (Å²) < 4.78 is 31.5. The van der Waals surface area contributed by atoms with Crippen LogP contribution < -0.4 is 10.0 Å². The van der Waals surface area contributed by atoms with Crippen molar-refractivity contribution in [3.05, 3.63) is 59.4 Å². The highest BCUT2D eigenvalue weighted by Crippen LogP contribution is 2.12. The van der Waals surface area contributed by atoms with Gasteiger partial charge in [0.2, 0.25) is 5.91 Å². The van der Waals surface area contributed by atoms with Crippen LogP contribution in [0.25, 0.3) is 0 Å². The van der Waals surface area contributed by atoms with Crippen LogP contribution in [0.5, 0.6) is 0 Å². The minimum atomic E-state index is -4.09. The standard InChI is InChI=1S/C22H27N3O6S/c1-15(2)4-11-20(26)23-13-12-16-5-8-18(9-6-16)32(29,30)25-21(27)17-7-10-19(24-14-17)22(28)31-3/h5-10,14-15H,4,11-13H2,1-3H3,(H,23,26)(H,25,27). The Hall–Kier alpha value is -3.27. The van der Waals surface area contributed by atoms with E-state index in [-0.39, 0.29) is 22.1 Å². The topological polar surface area (TPSA) is 132 Å². The summed E-state index contributed by atoms with van der Waals surface area (Å²) in [6.07, 6.45) is 2.96. The number of benzene rings is 1. The molecule has 0 saturated carbocycles. The van der Waals surface area contributed by atoms with E-state index in [2.05, 4.69) is 28.9 Å². The number of methoxy groups -OCH3 is 1. The molecule has 0 aliphatic carbocycles. The van der Waals surface area contributed by atoms with E-state index < -0.39 is 21.9 Å². The van der Waals surface area contributed by atoms with Crippen molar-refractivity contribution in [3.8, 4) is 0 Å². The number of aromatic nitrogens is 1. The first kappa shape index (κ1) is 25.0. The number of nitrogens with zero attached hydrogens (tertiary/aromatic N) is 1. The van der Waals surface area contributed by atoms with Crippen LogP contribution in [-0.2, 0) is 26.0 Å². The van der Waals surface area contributed by atoms with Crippen LogP contribution in [0.15, 0.2) is 47.5 Å². The SMILES string of the molecule is COC(=O)c1ccc(C(=O)NS(=O)(=O)c2ccc(CCNC(=O)CCC(C)C)cc2)cn1. The average Bonchev–Trinajstić information content (AvgIpc) is 2.77. The molecule has 0 fully saturated rings. The van der Waals surface area contributed by atoms with Gasteiger partial charge in [0, 0.05) is 19.2 Å². The largest absolute Gasteiger partial charge is 0.464 e. The van der Waals surface area contributed by atoms with E-state index in [9.17, 15) is 22.8 Å². The normalized spacial score (nSPS) is 11.1. The number of esters is 1. The Kier molecular flexibility index (Phi) is 8.89. The van der Waals surface area contributed by atoms with Gasteiger partial charge < -0.3 is 10.1 Å². The summed E-state index contributed by atoms with van der Waals surface area (Å²) in [6.45, 7) is 4.57. The van der Waals surface area contributed by atoms with Crippen molar-refractivity contribution in [1.82, 2.24) is 15.0 Å². The Morgan fingerprint density at radius 2 is 1.75 bits per heavy atom. The number of amides is 2. The van der Waals surface area contributed by atoms with Crippen molar-refractivity contribution in [2.45, 2.75) is 38.0 Å². The van der Waals surface area contributed by atoms with Crippen LogP contribution in [0.4, 0.5) is 0 Å². The predicted molar refractivity (Wildman–Crippen MR) is 117 cm³/mol. The summed E-state index contributed by atoms with van der Waals surface area (Å²) in [7, 11) is -2.89. The van der Waals surface area contributed by atoms with Crippen molar-refractivity contribution in [3.63, 3.8) is 0 Å². The summed E-state index contributed by atoms with van der Waals surface area (Å²) in [4.78, 5) is 39.1. The van der Waals surface area contributed by atoms with E-state index in [0.29, 0.717) is 25.3 Å². The fourth-order valence-electron chi connectivity index (χ4n) is 2.68. The van der Waals surface area contributed by atoms with Crippen LogP contribution in [-0.4, -0.2) is 44.8 Å². The minimum Gasteiger partial charge on any atom is -0.464 e. The van der Waals surface area contributed by atoms with Gasteiger partial charge in [-0.05, 0) is 48.6 Å². The molecule has 0 saturated heterocycles. The van der Waals surface area contributed by atoms with Crippen molar-refractivity contribution in [2.24, 2.45) is 5.92 Å². The number of ether oxygens (including phenoxy) is 1. The van der Waals surface area contributed by atoms with E-state index in [1.54, 1.807) is 12.1 Å². The van der Waals surface area contributed by atoms with Gasteiger partial charge in [-0.25, -0.2) is 22.9 Å². The van der Waals surface area contributed by atoms with Crippen LogP contribution in [0.1, 0.15) is 53.1 Å². The molecule has 2 N–H and O–H groups in total. The average molecular weight is 462 g/mol. The monoisotopic (exact) mass is 461 g/mol. The smallest absolute Gasteiger partial charge is 0.356 e. The van der Waals surface area contributed by atoms with Gasteiger partial charge in [0.1, 0.15) is 5.69 Å². The second-order valence-corrected chi connectivity index (χ2v) is 9.22. The Balaban J connectivity index is 1.92. The fraction of sp³-hybridized carbons (Fsp3) is 0.364. The van der Waals surface area contributed by atoms with Crippen LogP contribution in [0.2, 0.25) is 0 Å². The third-order valence-corrected chi connectivity index (χ3v) is 5.91. The van der Waals surface area contributed by atoms with Crippen LogP contribution >= 0.6 is 0 Å². The maximum atomic E-state index is 12.5. The highest BCUT2D eigenvalue weighted by molar-refractivity contribution is 7.90. The zero-order valence-corrected chi connectivity index (χ0v) is 19.1. The van der Waals surface area contributed by atoms with E-state index in [4.69, 9.17) is 0 Å². The van der Waals surface area contributed by atoms with Crippen molar-refractivity contribution in [1.29, 1.82) is 0 Å². The third kappa shape index (κ3) is 7.45. The number of pyridine rings is 1. The molecular weight excluding hydrogens is 434 g/mol. The second kappa shape index (κ2) is 11.4. The highest BCUT2D eigenvalue weighted by atomic mass is 32.2. The number of carbonyl (C=O) groups is 3. The predicted octanol–water partition coefficient (Wildman–Crippen LogP) is 2.08. The molecule has 32 heavy (non-hydrogen) atoms. The summed E-state index contributed by atoms with van der Waals surface area (Å²) in [5, 5.41) is 2.84. The van der Waals surface area contributed by atoms with Crippen LogP contribution in [0, 0.1) is 5.92 Å². The number of sulfonamides is 1. The molecule has 172 valence electrons. The van der Waals surface area contributed by atoms with Crippen LogP contribution in [0.3, 0.4) is 0 Å². The zero-order valence-electron chi connectivity index (χ0n) is 18.3. The highest BCUT2D eigenvalue weighted by Gasteiger charge is 2.19. The number of hydrogen-bond donors (Lipinski definition) is 2. The molecule has 0 aliphatic heterocycles. The molecule has 1 heterocycles. The number of carbonyl (C=O) groups excluding carboxylic acids is 3. The van der Waals surface area contributed by atoms with E-state index in [1.165, 1.54) is 31.4 Å². The lowest BCUT2D eigenvalue weighted by molar-refractivity contribution is -0.121. The first-order valence-electron chi connectivity index (χ1n) is 10.1. The molecule has 0 bridgehead atoms. The minimum absolute atomic E-state index is 0.00129. The van der Waals surface area contributed by atoms with Crippen molar-refractivity contribution < 1.29 is 27.5 Å². The maximum Gasteiger partial charge on any atom is 0.356 e. The Labute approximate surface area is 187 Å². The lowest BCUT2D eigenvalue weighted by Gasteiger charge is -2.09.